The summed E-state index contributed by atoms with van der Waals surface area (Å²) in [5, 5.41) is 0. The average Bonchev–Trinajstić information content (AvgIpc) is 2.84. The van der Waals surface area contributed by atoms with Crippen molar-refractivity contribution in [2.45, 2.75) is 97.8 Å². The van der Waals surface area contributed by atoms with E-state index in [-0.39, 0.29) is 5.41 Å². The first kappa shape index (κ1) is 17.3. The minimum Gasteiger partial charge on any atom is -0.345 e. The van der Waals surface area contributed by atoms with E-state index in [9.17, 15) is 0 Å². The van der Waals surface area contributed by atoms with Gasteiger partial charge in [-0.25, -0.2) is 4.98 Å². The molecule has 1 aromatic heterocycles. The lowest BCUT2D eigenvalue weighted by molar-refractivity contribution is 0.427. The molecule has 0 aliphatic rings. The van der Waals surface area contributed by atoms with Crippen LogP contribution in [-0.4, -0.2) is 9.97 Å². The maximum absolute atomic E-state index is 4.97. The lowest BCUT2D eigenvalue weighted by Crippen LogP contribution is -2.19. The summed E-state index contributed by atoms with van der Waals surface area (Å²) in [6.45, 7) is 16.0. The zero-order chi connectivity index (χ0) is 15.3. The van der Waals surface area contributed by atoms with Crippen LogP contribution in [0, 0.1) is 0 Å². The van der Waals surface area contributed by atoms with Crippen molar-refractivity contribution < 1.29 is 0 Å². The standard InChI is InChI=1S/C18H34N2/c1-8-10-11-12-18(6,7)17-19-15(13(3)4)16(20-17)14(5)9-2/h13-14H,8-12H2,1-7H3,(H,19,20). The largest absolute Gasteiger partial charge is 0.345 e. The van der Waals surface area contributed by atoms with Crippen molar-refractivity contribution in [2.75, 3.05) is 0 Å². The average molecular weight is 278 g/mol. The van der Waals surface area contributed by atoms with Gasteiger partial charge in [-0.05, 0) is 24.7 Å². The smallest absolute Gasteiger partial charge is 0.112 e. The minimum absolute atomic E-state index is 0.157. The minimum atomic E-state index is 0.157. The number of rotatable bonds is 8. The summed E-state index contributed by atoms with van der Waals surface area (Å²) in [5.74, 6) is 2.25. The Kier molecular flexibility index (Phi) is 6.29. The highest BCUT2D eigenvalue weighted by atomic mass is 15.0. The molecule has 0 fully saturated rings. The highest BCUT2D eigenvalue weighted by Gasteiger charge is 2.27. The van der Waals surface area contributed by atoms with Crippen molar-refractivity contribution in [1.29, 1.82) is 0 Å². The summed E-state index contributed by atoms with van der Waals surface area (Å²) in [6, 6.07) is 0. The van der Waals surface area contributed by atoms with Crippen LogP contribution >= 0.6 is 0 Å². The fourth-order valence-electron chi connectivity index (χ4n) is 2.68. The molecule has 0 spiro atoms. The molecular weight excluding hydrogens is 244 g/mol. The van der Waals surface area contributed by atoms with Crippen molar-refractivity contribution in [2.24, 2.45) is 0 Å². The van der Waals surface area contributed by atoms with E-state index in [1.54, 1.807) is 0 Å². The van der Waals surface area contributed by atoms with Crippen molar-refractivity contribution in [3.8, 4) is 0 Å². The van der Waals surface area contributed by atoms with Crippen molar-refractivity contribution in [3.63, 3.8) is 0 Å². The summed E-state index contributed by atoms with van der Waals surface area (Å²) in [6.07, 6.45) is 6.27. The van der Waals surface area contributed by atoms with Crippen LogP contribution in [0.4, 0.5) is 0 Å². The van der Waals surface area contributed by atoms with Gasteiger partial charge in [-0.2, -0.15) is 0 Å². The fraction of sp³-hybridized carbons (Fsp3) is 0.833. The number of hydrogen-bond donors (Lipinski definition) is 1. The number of hydrogen-bond acceptors (Lipinski definition) is 1. The van der Waals surface area contributed by atoms with Gasteiger partial charge in [0.05, 0.1) is 5.69 Å². The summed E-state index contributed by atoms with van der Waals surface area (Å²) < 4.78 is 0. The number of H-pyrrole nitrogens is 1. The summed E-state index contributed by atoms with van der Waals surface area (Å²) >= 11 is 0. The molecular formula is C18H34N2. The molecule has 116 valence electrons. The van der Waals surface area contributed by atoms with Gasteiger partial charge >= 0.3 is 0 Å². The molecule has 1 rings (SSSR count). The van der Waals surface area contributed by atoms with Crippen LogP contribution in [0.3, 0.4) is 0 Å². The third-order valence-corrected chi connectivity index (χ3v) is 4.46. The molecule has 0 radical (unpaired) electrons. The van der Waals surface area contributed by atoms with E-state index >= 15 is 0 Å². The van der Waals surface area contributed by atoms with E-state index in [1.807, 2.05) is 0 Å². The zero-order valence-corrected chi connectivity index (χ0v) is 14.6. The van der Waals surface area contributed by atoms with Crippen LogP contribution < -0.4 is 0 Å². The predicted octanol–water partition coefficient (Wildman–Crippen LogP) is 5.90. The monoisotopic (exact) mass is 278 g/mol. The third kappa shape index (κ3) is 4.10. The molecule has 0 amide bonds. The third-order valence-electron chi connectivity index (χ3n) is 4.46. The van der Waals surface area contributed by atoms with E-state index in [1.165, 1.54) is 42.9 Å². The lowest BCUT2D eigenvalue weighted by atomic mass is 9.86. The summed E-state index contributed by atoms with van der Waals surface area (Å²) in [5.41, 5.74) is 2.80. The maximum atomic E-state index is 4.97. The normalized spacial score (nSPS) is 14.0. The Morgan fingerprint density at radius 2 is 1.75 bits per heavy atom. The van der Waals surface area contributed by atoms with Gasteiger partial charge in [-0.15, -0.1) is 0 Å². The van der Waals surface area contributed by atoms with Crippen molar-refractivity contribution in [1.82, 2.24) is 9.97 Å². The Bertz CT molecular complexity index is 402. The second kappa shape index (κ2) is 7.28. The Labute approximate surface area is 125 Å². The number of aromatic amines is 1. The van der Waals surface area contributed by atoms with Crippen molar-refractivity contribution in [3.05, 3.63) is 17.2 Å². The Balaban J connectivity index is 3.00. The molecule has 1 aromatic rings. The van der Waals surface area contributed by atoms with Crippen LogP contribution in [0.5, 0.6) is 0 Å². The van der Waals surface area contributed by atoms with Gasteiger partial charge in [0.1, 0.15) is 5.82 Å². The molecule has 1 atom stereocenters. The van der Waals surface area contributed by atoms with Gasteiger partial charge in [-0.3, -0.25) is 0 Å². The molecule has 1 N–H and O–H groups in total. The first-order chi connectivity index (χ1) is 9.33. The second-order valence-corrected chi connectivity index (χ2v) is 7.19. The molecule has 0 aliphatic carbocycles. The highest BCUT2D eigenvalue weighted by molar-refractivity contribution is 5.24. The topological polar surface area (TPSA) is 28.7 Å². The van der Waals surface area contributed by atoms with Gasteiger partial charge < -0.3 is 4.98 Å². The molecule has 1 unspecified atom stereocenters. The number of imidazole rings is 1. The molecule has 2 nitrogen and oxygen atoms in total. The Morgan fingerprint density at radius 1 is 1.10 bits per heavy atom. The van der Waals surface area contributed by atoms with Gasteiger partial charge in [-0.1, -0.05) is 67.7 Å². The maximum Gasteiger partial charge on any atom is 0.112 e. The number of aromatic nitrogens is 2. The molecule has 0 bridgehead atoms. The molecule has 2 heteroatoms. The summed E-state index contributed by atoms with van der Waals surface area (Å²) in [4.78, 5) is 8.64. The van der Waals surface area contributed by atoms with Crippen molar-refractivity contribution >= 4 is 0 Å². The number of nitrogens with zero attached hydrogens (tertiary/aromatic N) is 1. The van der Waals surface area contributed by atoms with E-state index in [0.717, 1.165) is 6.42 Å². The number of nitrogens with one attached hydrogen (secondary N) is 1. The van der Waals surface area contributed by atoms with E-state index < -0.39 is 0 Å². The van der Waals surface area contributed by atoms with Gasteiger partial charge in [0, 0.05) is 11.1 Å². The zero-order valence-electron chi connectivity index (χ0n) is 14.6. The second-order valence-electron chi connectivity index (χ2n) is 7.19. The molecule has 0 aliphatic heterocycles. The van der Waals surface area contributed by atoms with E-state index in [0.29, 0.717) is 11.8 Å². The SMILES string of the molecule is CCCCCC(C)(C)c1nc(C(C)C)c(C(C)CC)[nH]1. The van der Waals surface area contributed by atoms with Gasteiger partial charge in [0.25, 0.3) is 0 Å². The Hall–Kier alpha value is -0.790. The highest BCUT2D eigenvalue weighted by Crippen LogP contribution is 2.33. The van der Waals surface area contributed by atoms with E-state index in [2.05, 4.69) is 53.5 Å². The first-order valence-electron chi connectivity index (χ1n) is 8.43. The molecule has 0 saturated heterocycles. The van der Waals surface area contributed by atoms with Crippen LogP contribution in [0.25, 0.3) is 0 Å². The van der Waals surface area contributed by atoms with E-state index in [4.69, 9.17) is 4.98 Å². The molecule has 1 heterocycles. The first-order valence-corrected chi connectivity index (χ1v) is 8.43. The fourth-order valence-corrected chi connectivity index (χ4v) is 2.68. The van der Waals surface area contributed by atoms with Crippen LogP contribution in [0.1, 0.15) is 110 Å². The Morgan fingerprint density at radius 3 is 2.25 bits per heavy atom. The van der Waals surface area contributed by atoms with Gasteiger partial charge in [0.15, 0.2) is 0 Å². The summed E-state index contributed by atoms with van der Waals surface area (Å²) in [7, 11) is 0. The van der Waals surface area contributed by atoms with Crippen LogP contribution in [0.2, 0.25) is 0 Å². The van der Waals surface area contributed by atoms with Crippen LogP contribution in [-0.2, 0) is 5.41 Å². The quantitative estimate of drug-likeness (QED) is 0.589. The van der Waals surface area contributed by atoms with Crippen LogP contribution in [0.15, 0.2) is 0 Å². The molecule has 20 heavy (non-hydrogen) atoms. The predicted molar refractivity (Wildman–Crippen MR) is 88.6 cm³/mol. The van der Waals surface area contributed by atoms with Gasteiger partial charge in [0.2, 0.25) is 0 Å². The lowest BCUT2D eigenvalue weighted by Gasteiger charge is -2.22. The number of unbranched alkanes of at least 4 members (excludes halogenated alkanes) is 2. The molecule has 0 aromatic carbocycles. The molecule has 0 saturated carbocycles.